The molecule has 3 aromatic rings. The molecule has 2 N–H and O–H groups in total. The first-order valence-corrected chi connectivity index (χ1v) is 9.51. The van der Waals surface area contributed by atoms with Crippen LogP contribution in [0, 0.1) is 12.7 Å². The van der Waals surface area contributed by atoms with Gasteiger partial charge in [0, 0.05) is 35.1 Å². The lowest BCUT2D eigenvalue weighted by Crippen LogP contribution is -2.21. The van der Waals surface area contributed by atoms with E-state index in [1.54, 1.807) is 37.0 Å². The molecule has 0 atom stereocenters. The van der Waals surface area contributed by atoms with Gasteiger partial charge in [0.05, 0.1) is 35.2 Å². The van der Waals surface area contributed by atoms with E-state index in [0.717, 1.165) is 5.69 Å². The summed E-state index contributed by atoms with van der Waals surface area (Å²) in [6.45, 7) is 5.84. The number of esters is 1. The summed E-state index contributed by atoms with van der Waals surface area (Å²) in [5.41, 5.74) is 1.76. The molecule has 29 heavy (non-hydrogen) atoms. The highest BCUT2D eigenvalue weighted by atomic mass is 35.5. The predicted molar refractivity (Wildman–Crippen MR) is 109 cm³/mol. The molecule has 0 unspecified atom stereocenters. The molecule has 154 valence electrons. The Balaban J connectivity index is 2.12. The summed E-state index contributed by atoms with van der Waals surface area (Å²) in [4.78, 5) is 15.6. The van der Waals surface area contributed by atoms with E-state index in [-0.39, 0.29) is 16.1 Å². The third kappa shape index (κ3) is 4.21. The molecule has 8 heteroatoms. The van der Waals surface area contributed by atoms with E-state index in [0.29, 0.717) is 29.8 Å². The van der Waals surface area contributed by atoms with Crippen LogP contribution < -0.4 is 0 Å². The molecule has 0 aliphatic carbocycles. The first-order valence-electron chi connectivity index (χ1n) is 9.13. The molecule has 0 spiro atoms. The van der Waals surface area contributed by atoms with Crippen LogP contribution >= 0.6 is 11.6 Å². The first kappa shape index (κ1) is 21.1. The molecule has 0 bridgehead atoms. The number of ether oxygens (including phenoxy) is 1. The van der Waals surface area contributed by atoms with E-state index in [1.165, 1.54) is 19.2 Å². The van der Waals surface area contributed by atoms with Crippen molar-refractivity contribution >= 4 is 17.6 Å². The fourth-order valence-electron chi connectivity index (χ4n) is 3.20. The van der Waals surface area contributed by atoms with Crippen LogP contribution in [0.1, 0.15) is 36.3 Å². The van der Waals surface area contributed by atoms with Crippen LogP contribution in [-0.2, 0) is 11.3 Å². The molecule has 0 fully saturated rings. The summed E-state index contributed by atoms with van der Waals surface area (Å²) in [6.07, 6.45) is 3.68. The summed E-state index contributed by atoms with van der Waals surface area (Å²) in [5.74, 6) is -1.15. The van der Waals surface area contributed by atoms with Crippen LogP contribution in [-0.4, -0.2) is 38.6 Å². The van der Waals surface area contributed by atoms with Crippen LogP contribution in [0.4, 0.5) is 4.39 Å². The van der Waals surface area contributed by atoms with Gasteiger partial charge in [0.15, 0.2) is 0 Å². The maximum atomic E-state index is 14.5. The van der Waals surface area contributed by atoms with Crippen molar-refractivity contribution in [3.05, 3.63) is 52.7 Å². The van der Waals surface area contributed by atoms with Crippen LogP contribution in [0.15, 0.2) is 30.6 Å². The summed E-state index contributed by atoms with van der Waals surface area (Å²) in [7, 11) is 1.27. The van der Waals surface area contributed by atoms with Crippen LogP contribution in [0.25, 0.3) is 22.4 Å². The van der Waals surface area contributed by atoms with E-state index in [9.17, 15) is 14.3 Å². The Morgan fingerprint density at radius 2 is 2.10 bits per heavy atom. The highest BCUT2D eigenvalue weighted by Gasteiger charge is 2.26. The van der Waals surface area contributed by atoms with E-state index in [1.807, 2.05) is 6.92 Å². The summed E-state index contributed by atoms with van der Waals surface area (Å²) in [6, 6.07) is 4.35. The number of hydrogen-bond donors (Lipinski definition) is 2. The average molecular weight is 420 g/mol. The van der Waals surface area contributed by atoms with Gasteiger partial charge in [-0.15, -0.1) is 0 Å². The third-order valence-electron chi connectivity index (χ3n) is 4.81. The van der Waals surface area contributed by atoms with Gasteiger partial charge in [-0.2, -0.15) is 5.10 Å². The van der Waals surface area contributed by atoms with Crippen molar-refractivity contribution in [2.45, 2.75) is 39.3 Å². The Morgan fingerprint density at radius 3 is 2.72 bits per heavy atom. The van der Waals surface area contributed by atoms with Gasteiger partial charge in [-0.05, 0) is 39.3 Å². The van der Waals surface area contributed by atoms with Crippen molar-refractivity contribution in [3.8, 4) is 22.4 Å². The highest BCUT2D eigenvalue weighted by molar-refractivity contribution is 6.33. The van der Waals surface area contributed by atoms with Crippen LogP contribution in [0.3, 0.4) is 0 Å². The topological polar surface area (TPSA) is 80.1 Å². The minimum absolute atomic E-state index is 0.129. The second kappa shape index (κ2) is 8.00. The number of hydrogen-bond acceptors (Lipinski definition) is 4. The van der Waals surface area contributed by atoms with E-state index in [4.69, 9.17) is 16.3 Å². The van der Waals surface area contributed by atoms with Gasteiger partial charge in [-0.3, -0.25) is 4.68 Å². The van der Waals surface area contributed by atoms with Crippen LogP contribution in [0.5, 0.6) is 0 Å². The number of aromatic nitrogens is 3. The molecule has 3 rings (SSSR count). The number of nitrogens with one attached hydrogen (secondary N) is 1. The van der Waals surface area contributed by atoms with E-state index in [2.05, 4.69) is 10.1 Å². The zero-order valence-corrected chi connectivity index (χ0v) is 17.5. The maximum absolute atomic E-state index is 14.5. The second-order valence-corrected chi connectivity index (χ2v) is 7.88. The molecule has 0 saturated carbocycles. The maximum Gasteiger partial charge on any atom is 0.340 e. The van der Waals surface area contributed by atoms with Gasteiger partial charge in [-0.1, -0.05) is 17.7 Å². The number of carbonyl (C=O) groups excluding carboxylic acids is 1. The second-order valence-electron chi connectivity index (χ2n) is 7.47. The number of methoxy groups -OCH3 is 1. The molecule has 0 aliphatic heterocycles. The summed E-state index contributed by atoms with van der Waals surface area (Å²) < 4.78 is 21.2. The van der Waals surface area contributed by atoms with Crippen molar-refractivity contribution in [2.24, 2.45) is 0 Å². The minimum atomic E-state index is -0.823. The van der Waals surface area contributed by atoms with E-state index >= 15 is 0 Å². The van der Waals surface area contributed by atoms with Crippen molar-refractivity contribution in [1.82, 2.24) is 14.8 Å². The third-order valence-corrected chi connectivity index (χ3v) is 5.12. The fraction of sp³-hybridized carbons (Fsp3) is 0.333. The molecular formula is C21H23ClFN3O3. The highest BCUT2D eigenvalue weighted by Crippen LogP contribution is 2.38. The zero-order chi connectivity index (χ0) is 21.3. The molecule has 6 nitrogen and oxygen atoms in total. The standard InChI is InChI=1S/C21H23ClFN3O3/c1-12-13(11-25-26(12)9-8-21(2,3)28)19-18(20(27)29-4)14(10-24-19)17-15(22)6-5-7-16(17)23/h5-7,10-11,24,28H,8-9H2,1-4H3. The van der Waals surface area contributed by atoms with Gasteiger partial charge in [0.2, 0.25) is 0 Å². The number of nitrogens with zero attached hydrogens (tertiary/aromatic N) is 2. The molecule has 0 radical (unpaired) electrons. The Hall–Kier alpha value is -2.64. The smallest absolute Gasteiger partial charge is 0.340 e. The Kier molecular flexibility index (Phi) is 5.82. The Morgan fingerprint density at radius 1 is 1.38 bits per heavy atom. The number of halogens is 2. The van der Waals surface area contributed by atoms with Crippen molar-refractivity contribution in [1.29, 1.82) is 0 Å². The predicted octanol–water partition coefficient (Wildman–Crippen LogP) is 4.59. The van der Waals surface area contributed by atoms with Gasteiger partial charge in [0.1, 0.15) is 5.82 Å². The average Bonchev–Trinajstić information content (AvgIpc) is 3.22. The summed E-state index contributed by atoms with van der Waals surface area (Å²) in [5, 5.41) is 14.5. The van der Waals surface area contributed by atoms with Crippen molar-refractivity contribution in [2.75, 3.05) is 7.11 Å². The van der Waals surface area contributed by atoms with E-state index < -0.39 is 17.4 Å². The number of rotatable bonds is 6. The Labute approximate surface area is 173 Å². The van der Waals surface area contributed by atoms with Gasteiger partial charge >= 0.3 is 5.97 Å². The number of H-pyrrole nitrogens is 1. The van der Waals surface area contributed by atoms with Gasteiger partial charge < -0.3 is 14.8 Å². The number of aryl methyl sites for hydroxylation is 1. The lowest BCUT2D eigenvalue weighted by molar-refractivity contribution is 0.0601. The van der Waals surface area contributed by atoms with Gasteiger partial charge in [-0.25, -0.2) is 9.18 Å². The number of aliphatic hydroxyl groups is 1. The normalized spacial score (nSPS) is 11.7. The Bertz CT molecular complexity index is 1030. The molecule has 2 aromatic heterocycles. The van der Waals surface area contributed by atoms with Crippen molar-refractivity contribution < 1.29 is 19.0 Å². The fourth-order valence-corrected chi connectivity index (χ4v) is 3.46. The molecule has 0 amide bonds. The molecule has 0 aliphatic rings. The summed E-state index contributed by atoms with van der Waals surface area (Å²) >= 11 is 6.21. The molecule has 0 saturated heterocycles. The minimum Gasteiger partial charge on any atom is -0.465 e. The molecule has 2 heterocycles. The molecule has 1 aromatic carbocycles. The van der Waals surface area contributed by atoms with Gasteiger partial charge in [0.25, 0.3) is 0 Å². The van der Waals surface area contributed by atoms with Crippen molar-refractivity contribution in [3.63, 3.8) is 0 Å². The van der Waals surface area contributed by atoms with Crippen LogP contribution in [0.2, 0.25) is 5.02 Å². The first-order chi connectivity index (χ1) is 13.6. The quantitative estimate of drug-likeness (QED) is 0.572. The SMILES string of the molecule is COC(=O)c1c(-c2c(F)cccc2Cl)c[nH]c1-c1cnn(CCC(C)(C)O)c1C. The zero-order valence-electron chi connectivity index (χ0n) is 16.7. The lowest BCUT2D eigenvalue weighted by atomic mass is 9.99. The monoisotopic (exact) mass is 419 g/mol. The number of carbonyl (C=O) groups is 1. The number of aromatic amines is 1. The number of benzene rings is 1. The lowest BCUT2D eigenvalue weighted by Gasteiger charge is -2.17. The molecular weight excluding hydrogens is 397 g/mol. The largest absolute Gasteiger partial charge is 0.465 e.